The molecule has 1 rings (SSSR count). The summed E-state index contributed by atoms with van der Waals surface area (Å²) in [7, 11) is -3.48. The standard InChI is InChI=1S/C10H15BrN2O3S/c1-5-13-8(7(11)6-12-13)9(14)10(2,3)17(4,15)16/h6H,5H2,1-4H3. The number of aryl methyl sites for hydroxylation is 1. The number of hydrogen-bond acceptors (Lipinski definition) is 4. The molecule has 96 valence electrons. The highest BCUT2D eigenvalue weighted by molar-refractivity contribution is 9.10. The van der Waals surface area contributed by atoms with Crippen molar-refractivity contribution in [2.75, 3.05) is 6.26 Å². The molecular formula is C10H15BrN2O3S. The predicted molar refractivity (Wildman–Crippen MR) is 68.9 cm³/mol. The Kier molecular flexibility index (Phi) is 3.83. The van der Waals surface area contributed by atoms with Gasteiger partial charge in [0.25, 0.3) is 0 Å². The van der Waals surface area contributed by atoms with Crippen molar-refractivity contribution in [3.63, 3.8) is 0 Å². The van der Waals surface area contributed by atoms with E-state index in [1.807, 2.05) is 6.92 Å². The Morgan fingerprint density at radius 1 is 1.53 bits per heavy atom. The summed E-state index contributed by atoms with van der Waals surface area (Å²) in [4.78, 5) is 12.3. The van der Waals surface area contributed by atoms with Crippen molar-refractivity contribution in [1.29, 1.82) is 0 Å². The molecule has 0 radical (unpaired) electrons. The van der Waals surface area contributed by atoms with Gasteiger partial charge in [-0.3, -0.25) is 9.48 Å². The summed E-state index contributed by atoms with van der Waals surface area (Å²) >= 11 is 3.22. The highest BCUT2D eigenvalue weighted by Crippen LogP contribution is 2.26. The maximum Gasteiger partial charge on any atom is 0.202 e. The molecule has 7 heteroatoms. The fraction of sp³-hybridized carbons (Fsp3) is 0.600. The molecule has 0 aliphatic rings. The second-order valence-corrected chi connectivity index (χ2v) is 7.69. The molecule has 17 heavy (non-hydrogen) atoms. The number of Topliss-reactive ketones (excluding diaryl/α,β-unsaturated/α-hetero) is 1. The molecule has 0 atom stereocenters. The van der Waals surface area contributed by atoms with Gasteiger partial charge in [0.1, 0.15) is 10.4 Å². The van der Waals surface area contributed by atoms with Crippen LogP contribution in [0.3, 0.4) is 0 Å². The van der Waals surface area contributed by atoms with Crippen LogP contribution < -0.4 is 0 Å². The highest BCUT2D eigenvalue weighted by Gasteiger charge is 2.41. The molecule has 0 fully saturated rings. The van der Waals surface area contributed by atoms with Crippen molar-refractivity contribution in [3.05, 3.63) is 16.4 Å². The maximum absolute atomic E-state index is 12.3. The van der Waals surface area contributed by atoms with E-state index < -0.39 is 20.4 Å². The molecule has 0 bridgehead atoms. The van der Waals surface area contributed by atoms with Gasteiger partial charge in [-0.2, -0.15) is 5.10 Å². The SMILES string of the molecule is CCn1ncc(Br)c1C(=O)C(C)(C)S(C)(=O)=O. The molecule has 1 aromatic heterocycles. The first kappa shape index (κ1) is 14.4. The minimum absolute atomic E-state index is 0.294. The monoisotopic (exact) mass is 322 g/mol. The van der Waals surface area contributed by atoms with Gasteiger partial charge in [0.15, 0.2) is 9.84 Å². The van der Waals surface area contributed by atoms with Crippen LogP contribution in [0.1, 0.15) is 31.3 Å². The number of halogens is 1. The lowest BCUT2D eigenvalue weighted by atomic mass is 10.1. The van der Waals surface area contributed by atoms with Gasteiger partial charge >= 0.3 is 0 Å². The second kappa shape index (κ2) is 4.53. The second-order valence-electron chi connectivity index (χ2n) is 4.27. The zero-order valence-corrected chi connectivity index (χ0v) is 12.6. The quantitative estimate of drug-likeness (QED) is 0.791. The Hall–Kier alpha value is -0.690. The van der Waals surface area contributed by atoms with Crippen molar-refractivity contribution >= 4 is 31.6 Å². The third kappa shape index (κ3) is 2.44. The van der Waals surface area contributed by atoms with E-state index in [1.54, 1.807) is 0 Å². The molecule has 0 aliphatic heterocycles. The average Bonchev–Trinajstić information content (AvgIpc) is 2.56. The van der Waals surface area contributed by atoms with Crippen molar-refractivity contribution in [2.45, 2.75) is 32.1 Å². The van der Waals surface area contributed by atoms with Crippen LogP contribution >= 0.6 is 15.9 Å². The third-order valence-electron chi connectivity index (χ3n) is 2.78. The summed E-state index contributed by atoms with van der Waals surface area (Å²) in [6.07, 6.45) is 2.56. The number of ketones is 1. The molecule has 1 heterocycles. The Morgan fingerprint density at radius 2 is 2.06 bits per heavy atom. The van der Waals surface area contributed by atoms with Crippen LogP contribution in [0.4, 0.5) is 0 Å². The molecule has 0 amide bonds. The molecule has 1 aromatic rings. The summed E-state index contributed by atoms with van der Waals surface area (Å²) in [6.45, 7) is 5.16. The summed E-state index contributed by atoms with van der Waals surface area (Å²) in [6, 6.07) is 0. The first-order chi connectivity index (χ1) is 7.63. The number of hydrogen-bond donors (Lipinski definition) is 0. The molecule has 5 nitrogen and oxygen atoms in total. The molecule has 0 aromatic carbocycles. The Morgan fingerprint density at radius 3 is 2.47 bits per heavy atom. The van der Waals surface area contributed by atoms with Gasteiger partial charge in [-0.25, -0.2) is 8.42 Å². The summed E-state index contributed by atoms with van der Waals surface area (Å²) in [5, 5.41) is 4.00. The van der Waals surface area contributed by atoms with Crippen molar-refractivity contribution in [2.24, 2.45) is 0 Å². The largest absolute Gasteiger partial charge is 0.291 e. The molecule has 0 spiro atoms. The molecule has 0 N–H and O–H groups in total. The number of sulfone groups is 1. The van der Waals surface area contributed by atoms with E-state index in [1.165, 1.54) is 24.7 Å². The number of rotatable bonds is 4. The smallest absolute Gasteiger partial charge is 0.202 e. The first-order valence-electron chi connectivity index (χ1n) is 5.08. The highest BCUT2D eigenvalue weighted by atomic mass is 79.9. The summed E-state index contributed by atoms with van der Waals surface area (Å²) in [5.41, 5.74) is 0.294. The van der Waals surface area contributed by atoms with Gasteiger partial charge < -0.3 is 0 Å². The lowest BCUT2D eigenvalue weighted by Gasteiger charge is -2.21. The van der Waals surface area contributed by atoms with E-state index in [2.05, 4.69) is 21.0 Å². The summed E-state index contributed by atoms with van der Waals surface area (Å²) < 4.78 is 23.8. The molecular weight excluding hydrogens is 308 g/mol. The number of nitrogens with zero attached hydrogens (tertiary/aromatic N) is 2. The zero-order valence-electron chi connectivity index (χ0n) is 10.2. The Bertz CT molecular complexity index is 546. The van der Waals surface area contributed by atoms with Crippen LogP contribution in [0, 0.1) is 0 Å². The fourth-order valence-electron chi connectivity index (χ4n) is 1.28. The topological polar surface area (TPSA) is 69.0 Å². The van der Waals surface area contributed by atoms with Crippen molar-refractivity contribution in [1.82, 2.24) is 9.78 Å². The zero-order chi connectivity index (χ0) is 13.4. The van der Waals surface area contributed by atoms with Crippen LogP contribution in [0.25, 0.3) is 0 Å². The first-order valence-corrected chi connectivity index (χ1v) is 7.77. The van der Waals surface area contributed by atoms with Gasteiger partial charge in [-0.15, -0.1) is 0 Å². The van der Waals surface area contributed by atoms with E-state index >= 15 is 0 Å². The van der Waals surface area contributed by atoms with Crippen LogP contribution in [-0.2, 0) is 16.4 Å². The third-order valence-corrected chi connectivity index (χ3v) is 5.40. The lowest BCUT2D eigenvalue weighted by molar-refractivity contribution is 0.0942. The van der Waals surface area contributed by atoms with E-state index in [-0.39, 0.29) is 0 Å². The lowest BCUT2D eigenvalue weighted by Crippen LogP contribution is -2.41. The predicted octanol–water partition coefficient (Wildman–Crippen LogP) is 1.67. The van der Waals surface area contributed by atoms with Gasteiger partial charge in [-0.05, 0) is 36.7 Å². The van der Waals surface area contributed by atoms with E-state index in [0.717, 1.165) is 6.26 Å². The van der Waals surface area contributed by atoms with E-state index in [0.29, 0.717) is 16.7 Å². The molecule has 0 saturated heterocycles. The van der Waals surface area contributed by atoms with Crippen LogP contribution in [0.2, 0.25) is 0 Å². The molecule has 0 aliphatic carbocycles. The van der Waals surface area contributed by atoms with Gasteiger partial charge in [0.2, 0.25) is 5.78 Å². The van der Waals surface area contributed by atoms with Crippen molar-refractivity contribution in [3.8, 4) is 0 Å². The van der Waals surface area contributed by atoms with Gasteiger partial charge in [-0.1, -0.05) is 0 Å². The maximum atomic E-state index is 12.3. The van der Waals surface area contributed by atoms with Crippen molar-refractivity contribution < 1.29 is 13.2 Å². The molecule has 0 saturated carbocycles. The number of carbonyl (C=O) groups excluding carboxylic acids is 1. The number of aromatic nitrogens is 2. The van der Waals surface area contributed by atoms with Gasteiger partial charge in [0, 0.05) is 12.8 Å². The Labute approximate surface area is 109 Å². The Balaban J connectivity index is 3.36. The van der Waals surface area contributed by atoms with Crippen LogP contribution in [-0.4, -0.2) is 35.0 Å². The summed E-state index contributed by atoms with van der Waals surface area (Å²) in [5.74, 6) is -0.453. The normalized spacial score (nSPS) is 12.8. The minimum Gasteiger partial charge on any atom is -0.291 e. The average molecular weight is 323 g/mol. The van der Waals surface area contributed by atoms with Gasteiger partial charge in [0.05, 0.1) is 10.7 Å². The van der Waals surface area contributed by atoms with E-state index in [4.69, 9.17) is 0 Å². The van der Waals surface area contributed by atoms with Crippen LogP contribution in [0.15, 0.2) is 10.7 Å². The van der Waals surface area contributed by atoms with E-state index in [9.17, 15) is 13.2 Å². The fourth-order valence-corrected chi connectivity index (χ4v) is 2.19. The molecule has 0 unspecified atom stereocenters. The number of carbonyl (C=O) groups is 1. The van der Waals surface area contributed by atoms with Crippen LogP contribution in [0.5, 0.6) is 0 Å². The minimum atomic E-state index is -3.48.